The number of nitriles is 1. The van der Waals surface area contributed by atoms with Crippen molar-refractivity contribution in [2.75, 3.05) is 37.7 Å². The number of hydrogen-bond acceptors (Lipinski definition) is 7. The molecule has 0 saturated carbocycles. The fraction of sp³-hybridized carbons (Fsp3) is 0.261. The van der Waals surface area contributed by atoms with Crippen molar-refractivity contribution in [2.24, 2.45) is 0 Å². The molecule has 2 aromatic heterocycles. The maximum Gasteiger partial charge on any atom is 0.264 e. The number of carbonyl (C=O) groups excluding carboxylic acids is 1. The van der Waals surface area contributed by atoms with Crippen LogP contribution in [0.1, 0.15) is 33.7 Å². The van der Waals surface area contributed by atoms with Crippen LogP contribution in [0, 0.1) is 11.3 Å². The van der Waals surface area contributed by atoms with E-state index in [1.807, 2.05) is 64.6 Å². The molecule has 1 aromatic carbocycles. The van der Waals surface area contributed by atoms with Crippen LogP contribution in [0.4, 0.5) is 5.88 Å². The summed E-state index contributed by atoms with van der Waals surface area (Å²) in [6.07, 6.45) is 3.63. The van der Waals surface area contributed by atoms with Gasteiger partial charge in [-0.05, 0) is 42.1 Å². The van der Waals surface area contributed by atoms with Gasteiger partial charge in [-0.2, -0.15) is 10.2 Å². The third-order valence-corrected chi connectivity index (χ3v) is 5.79. The first-order chi connectivity index (χ1) is 15.2. The van der Waals surface area contributed by atoms with Crippen LogP contribution in [0.15, 0.2) is 46.2 Å². The predicted octanol–water partition coefficient (Wildman–Crippen LogP) is 4.14. The molecule has 158 valence electrons. The number of aromatic nitrogens is 1. The first-order valence-electron chi connectivity index (χ1n) is 10.1. The Balaban J connectivity index is 1.42. The molecular weight excluding hydrogens is 412 g/mol. The molecular formula is C23H22N4O3S. The number of amides is 1. The van der Waals surface area contributed by atoms with Crippen molar-refractivity contribution in [2.45, 2.75) is 6.92 Å². The van der Waals surface area contributed by atoms with E-state index in [9.17, 15) is 10.1 Å². The van der Waals surface area contributed by atoms with E-state index in [-0.39, 0.29) is 11.6 Å². The molecule has 8 heteroatoms. The number of nitrogens with zero attached hydrogens (tertiary/aromatic N) is 4. The van der Waals surface area contributed by atoms with Gasteiger partial charge in [-0.3, -0.25) is 4.79 Å². The fourth-order valence-electron chi connectivity index (χ4n) is 3.36. The summed E-state index contributed by atoms with van der Waals surface area (Å²) in [6, 6.07) is 13.5. The summed E-state index contributed by atoms with van der Waals surface area (Å²) in [6.45, 7) is 4.88. The Labute approximate surface area is 184 Å². The van der Waals surface area contributed by atoms with Crippen LogP contribution >= 0.6 is 11.3 Å². The second-order valence-corrected chi connectivity index (χ2v) is 7.86. The summed E-state index contributed by atoms with van der Waals surface area (Å²) in [7, 11) is 0. The summed E-state index contributed by atoms with van der Waals surface area (Å²) < 4.78 is 11.3. The van der Waals surface area contributed by atoms with Gasteiger partial charge in [0.1, 0.15) is 11.8 Å². The molecule has 1 fully saturated rings. The number of benzene rings is 1. The molecule has 0 aliphatic carbocycles. The summed E-state index contributed by atoms with van der Waals surface area (Å²) >= 11 is 1.45. The topological polar surface area (TPSA) is 82.6 Å². The first-order valence-corrected chi connectivity index (χ1v) is 11.0. The number of anilines is 1. The minimum absolute atomic E-state index is 0.0479. The molecule has 1 aliphatic rings. The van der Waals surface area contributed by atoms with Gasteiger partial charge in [0.25, 0.3) is 5.91 Å². The number of piperazine rings is 1. The van der Waals surface area contributed by atoms with Gasteiger partial charge in [0, 0.05) is 32.3 Å². The van der Waals surface area contributed by atoms with Crippen LogP contribution < -0.4 is 9.64 Å². The van der Waals surface area contributed by atoms with Crippen LogP contribution in [0.2, 0.25) is 0 Å². The molecule has 1 saturated heterocycles. The van der Waals surface area contributed by atoms with Gasteiger partial charge in [-0.15, -0.1) is 11.3 Å². The molecule has 3 aromatic rings. The maximum absolute atomic E-state index is 12.5. The van der Waals surface area contributed by atoms with Gasteiger partial charge in [0.2, 0.25) is 17.5 Å². The molecule has 1 amide bonds. The Morgan fingerprint density at radius 1 is 1.23 bits per heavy atom. The number of rotatable bonds is 6. The Hall–Kier alpha value is -3.57. The van der Waals surface area contributed by atoms with Crippen molar-refractivity contribution >= 4 is 35.3 Å². The lowest BCUT2D eigenvalue weighted by atomic mass is 10.2. The number of carbonyl (C=O) groups is 1. The van der Waals surface area contributed by atoms with Crippen molar-refractivity contribution in [1.29, 1.82) is 5.26 Å². The second-order valence-electron chi connectivity index (χ2n) is 6.91. The van der Waals surface area contributed by atoms with Crippen molar-refractivity contribution in [1.82, 2.24) is 9.88 Å². The van der Waals surface area contributed by atoms with E-state index in [0.29, 0.717) is 44.6 Å². The molecule has 0 N–H and O–H groups in total. The zero-order chi connectivity index (χ0) is 21.6. The Bertz CT molecular complexity index is 1090. The maximum atomic E-state index is 12.5. The van der Waals surface area contributed by atoms with Crippen LogP contribution in [0.5, 0.6) is 5.75 Å². The average molecular weight is 435 g/mol. The van der Waals surface area contributed by atoms with Crippen molar-refractivity contribution in [3.63, 3.8) is 0 Å². The SMILES string of the molecule is CCOc1ccc(C=Cc2nc(C#N)c(N3CCN(C(=O)c4cccs4)CC3)o2)cc1. The highest BCUT2D eigenvalue weighted by Gasteiger charge is 2.26. The molecule has 3 heterocycles. The highest BCUT2D eigenvalue weighted by Crippen LogP contribution is 2.25. The van der Waals surface area contributed by atoms with Crippen LogP contribution in [-0.2, 0) is 0 Å². The lowest BCUT2D eigenvalue weighted by molar-refractivity contribution is 0.0750. The lowest BCUT2D eigenvalue weighted by Gasteiger charge is -2.34. The summed E-state index contributed by atoms with van der Waals surface area (Å²) in [5.41, 5.74) is 1.23. The van der Waals surface area contributed by atoms with E-state index >= 15 is 0 Å². The van der Waals surface area contributed by atoms with Gasteiger partial charge in [-0.1, -0.05) is 18.2 Å². The van der Waals surface area contributed by atoms with Gasteiger partial charge in [0.15, 0.2) is 0 Å². The normalized spacial score (nSPS) is 14.1. The number of thiophene rings is 1. The molecule has 0 unspecified atom stereocenters. The Morgan fingerprint density at radius 2 is 2.00 bits per heavy atom. The highest BCUT2D eigenvalue weighted by molar-refractivity contribution is 7.12. The fourth-order valence-corrected chi connectivity index (χ4v) is 4.06. The molecule has 4 rings (SSSR count). The monoisotopic (exact) mass is 434 g/mol. The number of oxazole rings is 1. The summed E-state index contributed by atoms with van der Waals surface area (Å²) in [4.78, 5) is 21.4. The Morgan fingerprint density at radius 3 is 2.65 bits per heavy atom. The summed E-state index contributed by atoms with van der Waals surface area (Å²) in [5, 5.41) is 11.4. The molecule has 31 heavy (non-hydrogen) atoms. The summed E-state index contributed by atoms with van der Waals surface area (Å²) in [5.74, 6) is 1.70. The number of hydrogen-bond donors (Lipinski definition) is 0. The first kappa shape index (κ1) is 20.7. The van der Waals surface area contributed by atoms with Gasteiger partial charge in [-0.25, -0.2) is 0 Å². The molecule has 0 radical (unpaired) electrons. The van der Waals surface area contributed by atoms with Crippen LogP contribution in [-0.4, -0.2) is 48.6 Å². The van der Waals surface area contributed by atoms with Crippen LogP contribution in [0.3, 0.4) is 0 Å². The van der Waals surface area contributed by atoms with Gasteiger partial charge >= 0.3 is 0 Å². The molecule has 0 spiro atoms. The second kappa shape index (κ2) is 9.49. The van der Waals surface area contributed by atoms with E-state index in [1.165, 1.54) is 11.3 Å². The minimum Gasteiger partial charge on any atom is -0.494 e. The van der Waals surface area contributed by atoms with E-state index in [0.717, 1.165) is 16.2 Å². The molecule has 0 bridgehead atoms. The zero-order valence-electron chi connectivity index (χ0n) is 17.2. The smallest absolute Gasteiger partial charge is 0.264 e. The minimum atomic E-state index is 0.0479. The zero-order valence-corrected chi connectivity index (χ0v) is 18.0. The third-order valence-electron chi connectivity index (χ3n) is 4.93. The van der Waals surface area contributed by atoms with E-state index in [2.05, 4.69) is 11.1 Å². The highest BCUT2D eigenvalue weighted by atomic mass is 32.1. The largest absolute Gasteiger partial charge is 0.494 e. The van der Waals surface area contributed by atoms with E-state index in [1.54, 1.807) is 6.08 Å². The number of ether oxygens (including phenoxy) is 1. The average Bonchev–Trinajstić information content (AvgIpc) is 3.49. The molecule has 0 atom stereocenters. The Kier molecular flexibility index (Phi) is 6.34. The standard InChI is InChI=1S/C23H22N4O3S/c1-2-29-18-8-5-17(6-9-18)7-10-21-25-19(16-24)23(30-21)27-13-11-26(12-14-27)22(28)20-4-3-15-31-20/h3-10,15H,2,11-14H2,1H3. The van der Waals surface area contributed by atoms with Crippen molar-refractivity contribution < 1.29 is 13.9 Å². The van der Waals surface area contributed by atoms with Crippen molar-refractivity contribution in [3.8, 4) is 11.8 Å². The quantitative estimate of drug-likeness (QED) is 0.580. The van der Waals surface area contributed by atoms with Crippen molar-refractivity contribution in [3.05, 3.63) is 63.8 Å². The molecule has 1 aliphatic heterocycles. The molecule has 7 nitrogen and oxygen atoms in total. The predicted molar refractivity (Wildman–Crippen MR) is 120 cm³/mol. The lowest BCUT2D eigenvalue weighted by Crippen LogP contribution is -2.48. The van der Waals surface area contributed by atoms with E-state index in [4.69, 9.17) is 9.15 Å². The van der Waals surface area contributed by atoms with Gasteiger partial charge < -0.3 is 19.0 Å². The third kappa shape index (κ3) is 4.78. The van der Waals surface area contributed by atoms with Crippen LogP contribution in [0.25, 0.3) is 12.2 Å². The van der Waals surface area contributed by atoms with E-state index < -0.39 is 0 Å². The van der Waals surface area contributed by atoms with Gasteiger partial charge in [0.05, 0.1) is 11.5 Å².